The number of hydrogen-bond acceptors (Lipinski definition) is 4. The number of nitrogens with zero attached hydrogens (tertiary/aromatic N) is 2. The first-order chi connectivity index (χ1) is 15.7. The van der Waals surface area contributed by atoms with Crippen molar-refractivity contribution in [2.75, 3.05) is 0 Å². The second-order valence-corrected chi connectivity index (χ2v) is 7.78. The quantitative estimate of drug-likeness (QED) is 0.342. The van der Waals surface area contributed by atoms with Crippen LogP contribution in [0.3, 0.4) is 0 Å². The van der Waals surface area contributed by atoms with E-state index >= 15 is 0 Å². The van der Waals surface area contributed by atoms with Gasteiger partial charge in [0.05, 0.1) is 17.2 Å². The van der Waals surface area contributed by atoms with Crippen LogP contribution >= 0.6 is 0 Å². The molecular weight excluding hydrogens is 433 g/mol. The lowest BCUT2D eigenvalue weighted by Crippen LogP contribution is -2.29. The van der Waals surface area contributed by atoms with Gasteiger partial charge in [-0.2, -0.15) is 13.2 Å². The van der Waals surface area contributed by atoms with Crippen LogP contribution in [0.2, 0.25) is 0 Å². The first-order valence-corrected chi connectivity index (χ1v) is 10.1. The number of aliphatic hydroxyl groups excluding tert-OH is 1. The molecule has 5 nitrogen and oxygen atoms in total. The second kappa shape index (κ2) is 8.54. The molecule has 1 amide bonds. The van der Waals surface area contributed by atoms with Crippen molar-refractivity contribution >= 4 is 17.4 Å². The molecule has 168 valence electrons. The van der Waals surface area contributed by atoms with Crippen molar-refractivity contribution in [1.29, 1.82) is 0 Å². The van der Waals surface area contributed by atoms with Crippen molar-refractivity contribution in [2.45, 2.75) is 25.7 Å². The third kappa shape index (κ3) is 4.37. The molecule has 1 fully saturated rings. The molecule has 1 aromatic heterocycles. The summed E-state index contributed by atoms with van der Waals surface area (Å²) < 4.78 is 39.5. The molecule has 1 aliphatic rings. The van der Waals surface area contributed by atoms with E-state index in [9.17, 15) is 27.9 Å². The summed E-state index contributed by atoms with van der Waals surface area (Å²) in [5.74, 6) is -2.17. The lowest BCUT2D eigenvalue weighted by atomic mass is 9.96. The highest BCUT2D eigenvalue weighted by Crippen LogP contribution is 2.40. The van der Waals surface area contributed by atoms with Crippen molar-refractivity contribution in [1.82, 2.24) is 9.88 Å². The van der Waals surface area contributed by atoms with Gasteiger partial charge in [-0.3, -0.25) is 14.6 Å². The summed E-state index contributed by atoms with van der Waals surface area (Å²) in [6, 6.07) is 13.6. The zero-order chi connectivity index (χ0) is 23.8. The first-order valence-electron chi connectivity index (χ1n) is 10.1. The van der Waals surface area contributed by atoms with Gasteiger partial charge in [-0.25, -0.2) is 0 Å². The first kappa shape index (κ1) is 22.3. The third-order valence-electron chi connectivity index (χ3n) is 5.47. The molecule has 1 aliphatic heterocycles. The third-order valence-corrected chi connectivity index (χ3v) is 5.47. The number of aliphatic hydroxyl groups is 1. The molecule has 4 rings (SSSR count). The van der Waals surface area contributed by atoms with Crippen LogP contribution in [-0.4, -0.2) is 26.7 Å². The Morgan fingerprint density at radius 2 is 1.79 bits per heavy atom. The second-order valence-electron chi connectivity index (χ2n) is 7.78. The smallest absolute Gasteiger partial charge is 0.416 e. The van der Waals surface area contributed by atoms with Gasteiger partial charge in [0.25, 0.3) is 11.7 Å². The van der Waals surface area contributed by atoms with Crippen LogP contribution in [0.25, 0.3) is 5.76 Å². The highest BCUT2D eigenvalue weighted by molar-refractivity contribution is 6.46. The lowest BCUT2D eigenvalue weighted by Gasteiger charge is -2.25. The Kier molecular flexibility index (Phi) is 5.76. The van der Waals surface area contributed by atoms with E-state index in [1.54, 1.807) is 36.4 Å². The summed E-state index contributed by atoms with van der Waals surface area (Å²) in [4.78, 5) is 31.2. The highest BCUT2D eigenvalue weighted by Gasteiger charge is 2.46. The van der Waals surface area contributed by atoms with E-state index in [0.29, 0.717) is 11.1 Å². The van der Waals surface area contributed by atoms with Crippen LogP contribution in [0.4, 0.5) is 13.2 Å². The number of hydrogen-bond donors (Lipinski definition) is 1. The maximum Gasteiger partial charge on any atom is 0.416 e. The Morgan fingerprint density at radius 3 is 2.42 bits per heavy atom. The Labute approximate surface area is 187 Å². The van der Waals surface area contributed by atoms with Gasteiger partial charge in [0, 0.05) is 24.5 Å². The van der Waals surface area contributed by atoms with Crippen LogP contribution in [0, 0.1) is 6.92 Å². The molecule has 1 atom stereocenters. The van der Waals surface area contributed by atoms with Crippen molar-refractivity contribution in [3.05, 3.63) is 106 Å². The SMILES string of the molecule is Cc1ccc(/C(O)=C2\C(=O)C(=O)N(Cc3cccc(C(F)(F)F)c3)C2c2cccnc2)cc1. The Bertz CT molecular complexity index is 1240. The standard InChI is InChI=1S/C25H19F3N2O3/c1-15-7-9-17(10-8-15)22(31)20-21(18-5-3-11-29-13-18)30(24(33)23(20)32)14-16-4-2-6-19(12-16)25(26,27)28/h2-13,21,31H,14H2,1H3/b22-20+. The average molecular weight is 452 g/mol. The van der Waals surface area contributed by atoms with Gasteiger partial charge < -0.3 is 10.0 Å². The van der Waals surface area contributed by atoms with E-state index in [1.807, 2.05) is 6.92 Å². The van der Waals surface area contributed by atoms with Crippen LogP contribution in [-0.2, 0) is 22.3 Å². The zero-order valence-corrected chi connectivity index (χ0v) is 17.5. The monoisotopic (exact) mass is 452 g/mol. The molecule has 1 N–H and O–H groups in total. The highest BCUT2D eigenvalue weighted by atomic mass is 19.4. The summed E-state index contributed by atoms with van der Waals surface area (Å²) >= 11 is 0. The van der Waals surface area contributed by atoms with Gasteiger partial charge in [-0.1, -0.05) is 48.0 Å². The topological polar surface area (TPSA) is 70.5 Å². The number of carbonyl (C=O) groups is 2. The van der Waals surface area contributed by atoms with Crippen molar-refractivity contribution in [3.63, 3.8) is 0 Å². The van der Waals surface area contributed by atoms with Gasteiger partial charge in [0.1, 0.15) is 5.76 Å². The van der Waals surface area contributed by atoms with Crippen molar-refractivity contribution in [2.24, 2.45) is 0 Å². The molecule has 0 bridgehead atoms. The number of aromatic nitrogens is 1. The van der Waals surface area contributed by atoms with E-state index in [4.69, 9.17) is 0 Å². The number of carbonyl (C=O) groups excluding carboxylic acids is 2. The van der Waals surface area contributed by atoms with Gasteiger partial charge in [0.15, 0.2) is 0 Å². The number of ketones is 1. The number of rotatable bonds is 4. The number of benzene rings is 2. The minimum absolute atomic E-state index is 0.135. The fourth-order valence-electron chi connectivity index (χ4n) is 3.84. The summed E-state index contributed by atoms with van der Waals surface area (Å²) in [5.41, 5.74) is 0.971. The fourth-order valence-corrected chi connectivity index (χ4v) is 3.84. The molecule has 0 aliphatic carbocycles. The molecule has 1 saturated heterocycles. The number of amides is 1. The summed E-state index contributed by atoms with van der Waals surface area (Å²) in [6.07, 6.45) is -1.57. The molecule has 0 radical (unpaired) electrons. The Hall–Kier alpha value is -3.94. The molecule has 3 aromatic rings. The number of aryl methyl sites for hydroxylation is 1. The molecule has 1 unspecified atom stereocenters. The van der Waals surface area contributed by atoms with Gasteiger partial charge >= 0.3 is 6.18 Å². The normalized spacial score (nSPS) is 18.1. The number of halogens is 3. The summed E-state index contributed by atoms with van der Waals surface area (Å²) in [5, 5.41) is 11.0. The minimum Gasteiger partial charge on any atom is -0.507 e. The molecule has 33 heavy (non-hydrogen) atoms. The molecule has 8 heteroatoms. The molecule has 2 aromatic carbocycles. The maximum atomic E-state index is 13.2. The van der Waals surface area contributed by atoms with Crippen LogP contribution in [0.15, 0.2) is 78.6 Å². The number of likely N-dealkylation sites (tertiary alicyclic amines) is 1. The summed E-state index contributed by atoms with van der Waals surface area (Å²) in [6.45, 7) is 1.62. The van der Waals surface area contributed by atoms with Gasteiger partial charge in [-0.15, -0.1) is 0 Å². The fraction of sp³-hybridized carbons (Fsp3) is 0.160. The Morgan fingerprint density at radius 1 is 1.06 bits per heavy atom. The van der Waals surface area contributed by atoms with Crippen LogP contribution in [0.5, 0.6) is 0 Å². The molecule has 0 saturated carbocycles. The van der Waals surface area contributed by atoms with Crippen LogP contribution in [0.1, 0.15) is 33.9 Å². The molecule has 0 spiro atoms. The average Bonchev–Trinajstić information content (AvgIpc) is 3.04. The van der Waals surface area contributed by atoms with Crippen molar-refractivity contribution < 1.29 is 27.9 Å². The summed E-state index contributed by atoms with van der Waals surface area (Å²) in [7, 11) is 0. The van der Waals surface area contributed by atoms with E-state index in [0.717, 1.165) is 22.6 Å². The number of Topliss-reactive ketones (excluding diaryl/α,β-unsaturated/α-hetero) is 1. The predicted octanol–water partition coefficient (Wildman–Crippen LogP) is 5.03. The number of alkyl halides is 3. The molecule has 2 heterocycles. The van der Waals surface area contributed by atoms with Crippen molar-refractivity contribution in [3.8, 4) is 0 Å². The Balaban J connectivity index is 1.82. The van der Waals surface area contributed by atoms with Crippen LogP contribution < -0.4 is 0 Å². The number of pyridine rings is 1. The van der Waals surface area contributed by atoms with E-state index in [1.165, 1.54) is 24.5 Å². The van der Waals surface area contributed by atoms with Gasteiger partial charge in [0.2, 0.25) is 0 Å². The van der Waals surface area contributed by atoms with E-state index in [-0.39, 0.29) is 23.4 Å². The maximum absolute atomic E-state index is 13.2. The lowest BCUT2D eigenvalue weighted by molar-refractivity contribution is -0.140. The molecular formula is C25H19F3N2O3. The largest absolute Gasteiger partial charge is 0.507 e. The zero-order valence-electron chi connectivity index (χ0n) is 17.5. The van der Waals surface area contributed by atoms with E-state index in [2.05, 4.69) is 4.98 Å². The minimum atomic E-state index is -4.54. The van der Waals surface area contributed by atoms with Gasteiger partial charge in [-0.05, 0) is 36.2 Å². The van der Waals surface area contributed by atoms with E-state index < -0.39 is 29.5 Å². The predicted molar refractivity (Wildman–Crippen MR) is 115 cm³/mol.